The minimum atomic E-state index is -4.30. The first-order valence-electron chi connectivity index (χ1n) is 19.9. The van der Waals surface area contributed by atoms with Gasteiger partial charge in [-0.1, -0.05) is 145 Å². The molecule has 0 aliphatic rings. The topological polar surface area (TPSA) is 117 Å². The minimum absolute atomic E-state index is 0.0797. The summed E-state index contributed by atoms with van der Waals surface area (Å²) in [6.45, 7) is 4.65. The molecule has 0 rings (SSSR count). The zero-order chi connectivity index (χ0) is 37.4. The van der Waals surface area contributed by atoms with Gasteiger partial charge in [-0.25, -0.2) is 4.57 Å². The number of rotatable bonds is 37. The van der Waals surface area contributed by atoms with Crippen molar-refractivity contribution in [3.63, 3.8) is 0 Å². The quantitative estimate of drug-likeness (QED) is 0.0280. The number of nitrogens with two attached hydrogens (primary N) is 1. The number of ether oxygens (including phenoxy) is 2. The second-order valence-corrected chi connectivity index (χ2v) is 14.2. The van der Waals surface area contributed by atoms with Crippen LogP contribution in [0.4, 0.5) is 0 Å². The molecule has 0 heterocycles. The maximum Gasteiger partial charge on any atom is 0.472 e. The zero-order valence-corrected chi connectivity index (χ0v) is 33.2. The largest absolute Gasteiger partial charge is 0.472 e. The van der Waals surface area contributed by atoms with E-state index in [0.717, 1.165) is 44.9 Å². The third-order valence-corrected chi connectivity index (χ3v) is 8.86. The molecule has 0 aromatic rings. The van der Waals surface area contributed by atoms with Crippen molar-refractivity contribution in [1.82, 2.24) is 0 Å². The molecule has 294 valence electrons. The van der Waals surface area contributed by atoms with Gasteiger partial charge in [0, 0.05) is 19.6 Å². The van der Waals surface area contributed by atoms with E-state index < -0.39 is 19.9 Å². The summed E-state index contributed by atoms with van der Waals surface area (Å²) in [5.41, 5.74) is 5.35. The van der Waals surface area contributed by atoms with Crippen LogP contribution in [0.15, 0.2) is 72.9 Å². The number of carbonyl (C=O) groups is 1. The van der Waals surface area contributed by atoms with Crippen LogP contribution in [0.3, 0.4) is 0 Å². The number of hydrogen-bond acceptors (Lipinski definition) is 7. The fourth-order valence-corrected chi connectivity index (χ4v) is 5.75. The van der Waals surface area contributed by atoms with Gasteiger partial charge >= 0.3 is 13.8 Å². The second-order valence-electron chi connectivity index (χ2n) is 12.8. The van der Waals surface area contributed by atoms with Crippen molar-refractivity contribution in [3.8, 4) is 0 Å². The number of phosphoric acid groups is 1. The first-order valence-corrected chi connectivity index (χ1v) is 21.4. The Kier molecular flexibility index (Phi) is 37.6. The average molecular weight is 736 g/mol. The molecule has 51 heavy (non-hydrogen) atoms. The molecule has 3 N–H and O–H groups in total. The number of esters is 1. The van der Waals surface area contributed by atoms with E-state index in [-0.39, 0.29) is 32.8 Å². The molecule has 0 aromatic heterocycles. The summed E-state index contributed by atoms with van der Waals surface area (Å²) in [7, 11) is -4.30. The van der Waals surface area contributed by atoms with Crippen LogP contribution in [0.25, 0.3) is 0 Å². The van der Waals surface area contributed by atoms with Gasteiger partial charge in [0.25, 0.3) is 0 Å². The molecule has 0 bridgehead atoms. The second kappa shape index (κ2) is 39.2. The van der Waals surface area contributed by atoms with Gasteiger partial charge in [0.05, 0.1) is 19.8 Å². The van der Waals surface area contributed by atoms with Crippen molar-refractivity contribution in [3.05, 3.63) is 72.9 Å². The predicted octanol–water partition coefficient (Wildman–Crippen LogP) is 11.6. The molecule has 0 spiro atoms. The molecule has 9 heteroatoms. The summed E-state index contributed by atoms with van der Waals surface area (Å²) >= 11 is 0. The molecule has 2 atom stereocenters. The van der Waals surface area contributed by atoms with E-state index >= 15 is 0 Å². The van der Waals surface area contributed by atoms with Crippen LogP contribution in [0.1, 0.15) is 149 Å². The number of allylic oxidation sites excluding steroid dienone is 12. The number of hydrogen-bond donors (Lipinski definition) is 2. The van der Waals surface area contributed by atoms with Crippen LogP contribution in [-0.2, 0) is 27.9 Å². The monoisotopic (exact) mass is 736 g/mol. The Morgan fingerprint density at radius 1 is 0.608 bits per heavy atom. The summed E-state index contributed by atoms with van der Waals surface area (Å²) in [4.78, 5) is 22.3. The van der Waals surface area contributed by atoms with Crippen molar-refractivity contribution >= 4 is 13.8 Å². The van der Waals surface area contributed by atoms with Crippen LogP contribution in [0.5, 0.6) is 0 Å². The fraction of sp³-hybridized carbons (Fsp3) is 0.690. The molecule has 0 fully saturated rings. The van der Waals surface area contributed by atoms with Gasteiger partial charge in [0.2, 0.25) is 0 Å². The Balaban J connectivity index is 4.15. The van der Waals surface area contributed by atoms with Crippen LogP contribution < -0.4 is 5.73 Å². The molecule has 0 saturated heterocycles. The van der Waals surface area contributed by atoms with Gasteiger partial charge in [0.15, 0.2) is 0 Å². The maximum absolute atomic E-state index is 12.5. The van der Waals surface area contributed by atoms with E-state index in [0.29, 0.717) is 13.0 Å². The molecule has 2 unspecified atom stereocenters. The average Bonchev–Trinajstić information content (AvgIpc) is 3.12. The lowest BCUT2D eigenvalue weighted by atomic mass is 10.1. The fourth-order valence-electron chi connectivity index (χ4n) is 4.98. The summed E-state index contributed by atoms with van der Waals surface area (Å²) < 4.78 is 33.2. The van der Waals surface area contributed by atoms with Crippen molar-refractivity contribution in [2.24, 2.45) is 5.73 Å². The Bertz CT molecular complexity index is 1010. The molecular weight excluding hydrogens is 661 g/mol. The van der Waals surface area contributed by atoms with Gasteiger partial charge in [-0.15, -0.1) is 0 Å². The highest BCUT2D eigenvalue weighted by atomic mass is 31.2. The summed E-state index contributed by atoms with van der Waals surface area (Å²) in [6.07, 6.45) is 47.9. The zero-order valence-electron chi connectivity index (χ0n) is 32.3. The molecule has 0 saturated carbocycles. The lowest BCUT2D eigenvalue weighted by Crippen LogP contribution is -2.28. The van der Waals surface area contributed by atoms with Crippen molar-refractivity contribution in [1.29, 1.82) is 0 Å². The van der Waals surface area contributed by atoms with Crippen molar-refractivity contribution in [2.75, 3.05) is 33.0 Å². The first kappa shape index (κ1) is 48.9. The standard InChI is InChI=1S/C42H74NO7P/c1-3-5-7-9-11-13-15-17-18-19-20-21-22-24-26-28-30-32-34-37-47-39-41(40-49-51(45,46)48-38-36-43)50-42(44)35-33-31-29-27-25-23-16-14-12-10-8-6-4-2/h6,8,12-15,18-19,23,25,29,31,41H,3-5,7,9-11,16-17,20-22,24,26-28,30,32-40,43H2,1-2H3,(H,45,46)/b8-6-,14-12-,15-13-,19-18-,25-23-,31-29-. The van der Waals surface area contributed by atoms with Gasteiger partial charge < -0.3 is 20.1 Å². The molecule has 0 aliphatic carbocycles. The molecule has 0 aliphatic heterocycles. The Labute approximate surface area is 312 Å². The molecule has 8 nitrogen and oxygen atoms in total. The van der Waals surface area contributed by atoms with Crippen molar-refractivity contribution < 1.29 is 32.8 Å². The SMILES string of the molecule is CC/C=C\C/C=C\C/C=C\C/C=C\CCC(=O)OC(COCCCCCCCCCC/C=C\C/C=C\CCCCCC)COP(=O)(O)OCCN. The summed E-state index contributed by atoms with van der Waals surface area (Å²) in [6, 6.07) is 0. The number of unbranched alkanes of at least 4 members (excludes halogenated alkanes) is 12. The van der Waals surface area contributed by atoms with Gasteiger partial charge in [0.1, 0.15) is 6.10 Å². The minimum Gasteiger partial charge on any atom is -0.457 e. The van der Waals surface area contributed by atoms with Crippen molar-refractivity contribution in [2.45, 2.75) is 155 Å². The van der Waals surface area contributed by atoms with Crippen LogP contribution in [-0.4, -0.2) is 49.9 Å². The maximum atomic E-state index is 12.5. The number of carbonyl (C=O) groups excluding carboxylic acids is 1. The highest BCUT2D eigenvalue weighted by Gasteiger charge is 2.25. The molecule has 0 radical (unpaired) electrons. The number of phosphoric ester groups is 1. The van der Waals surface area contributed by atoms with E-state index in [2.05, 4.69) is 74.6 Å². The third-order valence-electron chi connectivity index (χ3n) is 7.87. The Morgan fingerprint density at radius 3 is 1.65 bits per heavy atom. The van der Waals surface area contributed by atoms with E-state index in [9.17, 15) is 14.3 Å². The van der Waals surface area contributed by atoms with Gasteiger partial charge in [-0.3, -0.25) is 13.8 Å². The predicted molar refractivity (Wildman–Crippen MR) is 215 cm³/mol. The highest BCUT2D eigenvalue weighted by Crippen LogP contribution is 2.43. The summed E-state index contributed by atoms with van der Waals surface area (Å²) in [5.74, 6) is -0.415. The first-order chi connectivity index (χ1) is 24.9. The van der Waals surface area contributed by atoms with E-state index in [1.54, 1.807) is 0 Å². The normalized spacial score (nSPS) is 14.4. The molecule has 0 aromatic carbocycles. The van der Waals surface area contributed by atoms with E-state index in [1.165, 1.54) is 77.0 Å². The van der Waals surface area contributed by atoms with Crippen LogP contribution in [0, 0.1) is 0 Å². The third kappa shape index (κ3) is 39.0. The van der Waals surface area contributed by atoms with E-state index in [1.807, 2.05) is 12.2 Å². The lowest BCUT2D eigenvalue weighted by molar-refractivity contribution is -0.154. The Hall–Kier alpha value is -2.06. The van der Waals surface area contributed by atoms with E-state index in [4.69, 9.17) is 24.3 Å². The van der Waals surface area contributed by atoms with Crippen LogP contribution >= 0.6 is 7.82 Å². The smallest absolute Gasteiger partial charge is 0.457 e. The highest BCUT2D eigenvalue weighted by molar-refractivity contribution is 7.47. The van der Waals surface area contributed by atoms with Gasteiger partial charge in [-0.2, -0.15) is 0 Å². The molecule has 0 amide bonds. The summed E-state index contributed by atoms with van der Waals surface area (Å²) in [5, 5.41) is 0. The molecular formula is C42H74NO7P. The Morgan fingerprint density at radius 2 is 1.10 bits per heavy atom. The van der Waals surface area contributed by atoms with Crippen LogP contribution in [0.2, 0.25) is 0 Å². The van der Waals surface area contributed by atoms with Gasteiger partial charge in [-0.05, 0) is 70.6 Å². The lowest BCUT2D eigenvalue weighted by Gasteiger charge is -2.20.